The summed E-state index contributed by atoms with van der Waals surface area (Å²) < 4.78 is 13.0. The van der Waals surface area contributed by atoms with Crippen LogP contribution in [0.5, 0.6) is 0 Å². The first-order chi connectivity index (χ1) is 12.6. The number of nitrogens with zero attached hydrogens (tertiary/aromatic N) is 3. The van der Waals surface area contributed by atoms with Crippen LogP contribution in [-0.4, -0.2) is 33.5 Å². The summed E-state index contributed by atoms with van der Waals surface area (Å²) in [7, 11) is 0. The van der Waals surface area contributed by atoms with Crippen LogP contribution >= 0.6 is 11.3 Å². The van der Waals surface area contributed by atoms with E-state index in [4.69, 9.17) is 0 Å². The summed E-state index contributed by atoms with van der Waals surface area (Å²) in [6, 6.07) is 6.04. The minimum Gasteiger partial charge on any atom is -0.338 e. The predicted molar refractivity (Wildman–Crippen MR) is 95.1 cm³/mol. The van der Waals surface area contributed by atoms with Crippen molar-refractivity contribution in [3.8, 4) is 0 Å². The summed E-state index contributed by atoms with van der Waals surface area (Å²) in [5.74, 6) is -0.494. The van der Waals surface area contributed by atoms with E-state index in [1.165, 1.54) is 29.9 Å². The smallest absolute Gasteiger partial charge is 0.231 e. The SMILES string of the molecule is O=C(Nc1nnc(C2CCC2)s1)[C@H]1CC(=O)N(Cc2ccc(F)cc2)C1. The maximum atomic E-state index is 13.0. The van der Waals surface area contributed by atoms with E-state index in [0.29, 0.717) is 24.1 Å². The molecule has 2 fully saturated rings. The number of aromatic nitrogens is 2. The number of hydrogen-bond acceptors (Lipinski definition) is 5. The van der Waals surface area contributed by atoms with E-state index in [1.807, 2.05) is 0 Å². The monoisotopic (exact) mass is 374 g/mol. The Hall–Kier alpha value is -2.35. The van der Waals surface area contributed by atoms with E-state index in [2.05, 4.69) is 15.5 Å². The van der Waals surface area contributed by atoms with E-state index < -0.39 is 5.92 Å². The van der Waals surface area contributed by atoms with Gasteiger partial charge in [0.25, 0.3) is 0 Å². The molecule has 0 radical (unpaired) electrons. The molecule has 0 spiro atoms. The number of hydrogen-bond donors (Lipinski definition) is 1. The van der Waals surface area contributed by atoms with Crippen molar-refractivity contribution in [1.29, 1.82) is 0 Å². The summed E-state index contributed by atoms with van der Waals surface area (Å²) in [6.07, 6.45) is 3.68. The summed E-state index contributed by atoms with van der Waals surface area (Å²) in [4.78, 5) is 26.3. The highest BCUT2D eigenvalue weighted by atomic mass is 32.1. The molecule has 2 aromatic rings. The third-order valence-electron chi connectivity index (χ3n) is 5.00. The Morgan fingerprint density at radius 3 is 2.73 bits per heavy atom. The largest absolute Gasteiger partial charge is 0.338 e. The summed E-state index contributed by atoms with van der Waals surface area (Å²) >= 11 is 1.42. The van der Waals surface area contributed by atoms with Crippen LogP contribution in [0.2, 0.25) is 0 Å². The molecule has 1 saturated heterocycles. The number of likely N-dealkylation sites (tertiary alicyclic amines) is 1. The summed E-state index contributed by atoms with van der Waals surface area (Å²) in [6.45, 7) is 0.740. The number of carbonyl (C=O) groups is 2. The minimum atomic E-state index is -0.404. The van der Waals surface area contributed by atoms with Crippen LogP contribution in [0.4, 0.5) is 9.52 Å². The number of rotatable bonds is 5. The fourth-order valence-electron chi connectivity index (χ4n) is 3.22. The molecule has 8 heteroatoms. The van der Waals surface area contributed by atoms with Crippen molar-refractivity contribution in [2.45, 2.75) is 38.1 Å². The molecule has 1 aliphatic heterocycles. The van der Waals surface area contributed by atoms with Gasteiger partial charge in [0, 0.05) is 25.4 Å². The van der Waals surface area contributed by atoms with E-state index >= 15 is 0 Å². The predicted octanol–water partition coefficient (Wildman–Crippen LogP) is 2.93. The quantitative estimate of drug-likeness (QED) is 0.873. The Morgan fingerprint density at radius 1 is 1.27 bits per heavy atom. The average molecular weight is 374 g/mol. The van der Waals surface area contributed by atoms with Gasteiger partial charge in [-0.3, -0.25) is 9.59 Å². The molecule has 136 valence electrons. The average Bonchev–Trinajstić information content (AvgIpc) is 3.15. The van der Waals surface area contributed by atoms with Gasteiger partial charge in [-0.15, -0.1) is 10.2 Å². The molecule has 1 aliphatic carbocycles. The van der Waals surface area contributed by atoms with E-state index in [9.17, 15) is 14.0 Å². The highest BCUT2D eigenvalue weighted by Crippen LogP contribution is 2.38. The lowest BCUT2D eigenvalue weighted by molar-refractivity contribution is -0.128. The van der Waals surface area contributed by atoms with Crippen molar-refractivity contribution in [1.82, 2.24) is 15.1 Å². The number of amides is 2. The molecule has 2 aliphatic rings. The number of halogens is 1. The maximum Gasteiger partial charge on any atom is 0.231 e. The Balaban J connectivity index is 1.34. The molecule has 1 saturated carbocycles. The first-order valence-electron chi connectivity index (χ1n) is 8.75. The van der Waals surface area contributed by atoms with Gasteiger partial charge in [-0.05, 0) is 30.5 Å². The fourth-order valence-corrected chi connectivity index (χ4v) is 4.14. The number of carbonyl (C=O) groups excluding carboxylic acids is 2. The fraction of sp³-hybridized carbons (Fsp3) is 0.444. The van der Waals surface area contributed by atoms with Crippen molar-refractivity contribution in [2.24, 2.45) is 5.92 Å². The van der Waals surface area contributed by atoms with Gasteiger partial charge in [0.15, 0.2) is 0 Å². The number of benzene rings is 1. The standard InChI is InChI=1S/C18H19FN4O2S/c19-14-6-4-11(5-7-14)9-23-10-13(8-15(23)24)16(25)20-18-22-21-17(26-18)12-2-1-3-12/h4-7,12-13H,1-3,8-10H2,(H,20,22,25)/t13-/m0/s1. The van der Waals surface area contributed by atoms with Gasteiger partial charge >= 0.3 is 0 Å². The van der Waals surface area contributed by atoms with Crippen molar-refractivity contribution in [2.75, 3.05) is 11.9 Å². The lowest BCUT2D eigenvalue weighted by atomic mass is 9.86. The molecular weight excluding hydrogens is 355 g/mol. The van der Waals surface area contributed by atoms with Gasteiger partial charge in [0.1, 0.15) is 10.8 Å². The highest BCUT2D eigenvalue weighted by molar-refractivity contribution is 7.15. The zero-order valence-electron chi connectivity index (χ0n) is 14.2. The summed E-state index contributed by atoms with van der Waals surface area (Å²) in [5.41, 5.74) is 0.843. The Labute approximate surface area is 154 Å². The molecule has 4 rings (SSSR count). The third kappa shape index (κ3) is 3.60. The van der Waals surface area contributed by atoms with Crippen LogP contribution in [0, 0.1) is 11.7 Å². The van der Waals surface area contributed by atoms with Crippen LogP contribution in [0.1, 0.15) is 42.2 Å². The first-order valence-corrected chi connectivity index (χ1v) is 9.56. The number of nitrogens with one attached hydrogen (secondary N) is 1. The topological polar surface area (TPSA) is 75.2 Å². The molecule has 2 amide bonds. The molecule has 1 atom stereocenters. The molecule has 1 N–H and O–H groups in total. The second-order valence-corrected chi connectivity index (χ2v) is 7.87. The van der Waals surface area contributed by atoms with Crippen LogP contribution in [0.25, 0.3) is 0 Å². The van der Waals surface area contributed by atoms with Crippen LogP contribution in [0.3, 0.4) is 0 Å². The molecule has 1 aromatic carbocycles. The van der Waals surface area contributed by atoms with E-state index in [-0.39, 0.29) is 24.1 Å². The second kappa shape index (κ2) is 7.11. The summed E-state index contributed by atoms with van der Waals surface area (Å²) in [5, 5.41) is 12.5. The van der Waals surface area contributed by atoms with Gasteiger partial charge in [0.05, 0.1) is 5.92 Å². The van der Waals surface area contributed by atoms with Crippen LogP contribution < -0.4 is 5.32 Å². The van der Waals surface area contributed by atoms with Crippen LogP contribution in [0.15, 0.2) is 24.3 Å². The third-order valence-corrected chi connectivity index (χ3v) is 6.00. The zero-order chi connectivity index (χ0) is 18.1. The van der Waals surface area contributed by atoms with Crippen molar-refractivity contribution in [3.63, 3.8) is 0 Å². The van der Waals surface area contributed by atoms with Gasteiger partial charge < -0.3 is 10.2 Å². The Morgan fingerprint density at radius 2 is 2.04 bits per heavy atom. The molecular formula is C18H19FN4O2S. The van der Waals surface area contributed by atoms with E-state index in [1.54, 1.807) is 17.0 Å². The lowest BCUT2D eigenvalue weighted by Gasteiger charge is -2.21. The molecule has 0 bridgehead atoms. The van der Waals surface area contributed by atoms with Gasteiger partial charge in [-0.25, -0.2) is 4.39 Å². The zero-order valence-corrected chi connectivity index (χ0v) is 15.0. The molecule has 1 aromatic heterocycles. The highest BCUT2D eigenvalue weighted by Gasteiger charge is 2.35. The van der Waals surface area contributed by atoms with Gasteiger partial charge in [-0.2, -0.15) is 0 Å². The van der Waals surface area contributed by atoms with Crippen molar-refractivity contribution >= 4 is 28.3 Å². The van der Waals surface area contributed by atoms with E-state index in [0.717, 1.165) is 23.4 Å². The molecule has 26 heavy (non-hydrogen) atoms. The Kier molecular flexibility index (Phi) is 4.67. The molecule has 0 unspecified atom stereocenters. The van der Waals surface area contributed by atoms with Crippen molar-refractivity contribution < 1.29 is 14.0 Å². The maximum absolute atomic E-state index is 13.0. The normalized spacial score (nSPS) is 20.3. The Bertz CT molecular complexity index is 819. The number of anilines is 1. The lowest BCUT2D eigenvalue weighted by Crippen LogP contribution is -2.28. The van der Waals surface area contributed by atoms with Gasteiger partial charge in [0.2, 0.25) is 16.9 Å². The first kappa shape index (κ1) is 17.1. The van der Waals surface area contributed by atoms with Gasteiger partial charge in [-0.1, -0.05) is 29.9 Å². The molecule has 6 nitrogen and oxygen atoms in total. The van der Waals surface area contributed by atoms with Crippen molar-refractivity contribution in [3.05, 3.63) is 40.7 Å². The second-order valence-electron chi connectivity index (χ2n) is 6.86. The molecule has 2 heterocycles. The minimum absolute atomic E-state index is 0.0677. The van der Waals surface area contributed by atoms with Crippen LogP contribution in [-0.2, 0) is 16.1 Å².